The smallest absolute Gasteiger partial charge is 0.178 e. The van der Waals surface area contributed by atoms with Crippen LogP contribution in [0.1, 0.15) is 29.9 Å². The lowest BCUT2D eigenvalue weighted by molar-refractivity contribution is 0.505. The van der Waals surface area contributed by atoms with Gasteiger partial charge in [0.1, 0.15) is 0 Å². The molecule has 1 saturated heterocycles. The van der Waals surface area contributed by atoms with E-state index in [0.717, 1.165) is 37.2 Å². The van der Waals surface area contributed by atoms with Gasteiger partial charge in [-0.15, -0.1) is 0 Å². The molecule has 0 atom stereocenters. The van der Waals surface area contributed by atoms with Gasteiger partial charge < -0.3 is 4.90 Å². The highest BCUT2D eigenvalue weighted by Crippen LogP contribution is 2.34. The van der Waals surface area contributed by atoms with Crippen LogP contribution < -0.4 is 4.90 Å². The minimum absolute atomic E-state index is 0.269. The summed E-state index contributed by atoms with van der Waals surface area (Å²) in [6.45, 7) is 2.03. The SMILES string of the molecule is O=S1(=O)CCc2cc(C3CCN(c4cn[nH]c4)CC3)ccc21. The zero-order valence-electron chi connectivity index (χ0n) is 12.3. The number of aromatic amines is 1. The van der Waals surface area contributed by atoms with Crippen LogP contribution >= 0.6 is 0 Å². The molecule has 0 radical (unpaired) electrons. The molecule has 1 N–H and O–H groups in total. The molecule has 1 aromatic carbocycles. The van der Waals surface area contributed by atoms with Gasteiger partial charge >= 0.3 is 0 Å². The van der Waals surface area contributed by atoms with Gasteiger partial charge in [-0.25, -0.2) is 8.42 Å². The minimum Gasteiger partial charge on any atom is -0.369 e. The Balaban J connectivity index is 1.51. The molecular formula is C16H19N3O2S. The van der Waals surface area contributed by atoms with Crippen LogP contribution in [0.4, 0.5) is 5.69 Å². The van der Waals surface area contributed by atoms with Gasteiger partial charge in [-0.1, -0.05) is 12.1 Å². The van der Waals surface area contributed by atoms with Crippen molar-refractivity contribution in [3.05, 3.63) is 41.7 Å². The molecule has 2 aliphatic heterocycles. The standard InChI is InChI=1S/C16H19N3O2S/c20-22(21)8-5-14-9-13(1-2-16(14)22)12-3-6-19(7-4-12)15-10-17-18-11-15/h1-2,9-12H,3-8H2,(H,17,18). The molecule has 0 spiro atoms. The number of rotatable bonds is 2. The fourth-order valence-electron chi connectivity index (χ4n) is 3.59. The largest absolute Gasteiger partial charge is 0.369 e. The first-order chi connectivity index (χ1) is 10.6. The molecule has 3 heterocycles. The third kappa shape index (κ3) is 2.31. The second-order valence-corrected chi connectivity index (χ2v) is 8.23. The van der Waals surface area contributed by atoms with E-state index in [9.17, 15) is 8.42 Å². The predicted molar refractivity (Wildman–Crippen MR) is 85.0 cm³/mol. The third-order valence-electron chi connectivity index (χ3n) is 4.88. The van der Waals surface area contributed by atoms with Crippen molar-refractivity contribution in [2.24, 2.45) is 0 Å². The van der Waals surface area contributed by atoms with Crippen LogP contribution in [-0.2, 0) is 16.3 Å². The summed E-state index contributed by atoms with van der Waals surface area (Å²) in [6, 6.07) is 5.95. The first-order valence-electron chi connectivity index (χ1n) is 7.73. The van der Waals surface area contributed by atoms with Crippen molar-refractivity contribution >= 4 is 15.5 Å². The summed E-state index contributed by atoms with van der Waals surface area (Å²) in [5, 5.41) is 6.86. The van der Waals surface area contributed by atoms with Crippen molar-refractivity contribution < 1.29 is 8.42 Å². The maximum Gasteiger partial charge on any atom is 0.178 e. The lowest BCUT2D eigenvalue weighted by Gasteiger charge is -2.33. The van der Waals surface area contributed by atoms with Crippen molar-refractivity contribution in [2.45, 2.75) is 30.1 Å². The molecule has 0 bridgehead atoms. The maximum atomic E-state index is 11.9. The highest BCUT2D eigenvalue weighted by molar-refractivity contribution is 7.91. The Morgan fingerprint density at radius 2 is 2.05 bits per heavy atom. The van der Waals surface area contributed by atoms with E-state index in [1.807, 2.05) is 24.5 Å². The molecule has 1 fully saturated rings. The Morgan fingerprint density at radius 1 is 1.23 bits per heavy atom. The first kappa shape index (κ1) is 13.8. The minimum atomic E-state index is -3.01. The van der Waals surface area contributed by atoms with Gasteiger partial charge in [0.05, 0.1) is 22.5 Å². The Hall–Kier alpha value is -1.82. The summed E-state index contributed by atoms with van der Waals surface area (Å²) in [7, 11) is -3.01. The summed E-state index contributed by atoms with van der Waals surface area (Å²) >= 11 is 0. The molecule has 6 heteroatoms. The fraction of sp³-hybridized carbons (Fsp3) is 0.438. The van der Waals surface area contributed by atoms with Gasteiger partial charge in [-0.3, -0.25) is 5.10 Å². The summed E-state index contributed by atoms with van der Waals surface area (Å²) < 4.78 is 23.8. The second-order valence-electron chi connectivity index (χ2n) is 6.15. The van der Waals surface area contributed by atoms with E-state index in [1.54, 1.807) is 0 Å². The van der Waals surface area contributed by atoms with Crippen LogP contribution in [0.5, 0.6) is 0 Å². The van der Waals surface area contributed by atoms with E-state index in [-0.39, 0.29) is 5.75 Å². The number of fused-ring (bicyclic) bond motifs is 1. The van der Waals surface area contributed by atoms with Gasteiger partial charge in [0.2, 0.25) is 0 Å². The number of H-pyrrole nitrogens is 1. The molecule has 0 saturated carbocycles. The summed E-state index contributed by atoms with van der Waals surface area (Å²) in [5.41, 5.74) is 3.45. The molecule has 2 aromatic rings. The van der Waals surface area contributed by atoms with Crippen molar-refractivity contribution in [3.8, 4) is 0 Å². The Kier molecular flexibility index (Phi) is 3.22. The van der Waals surface area contributed by atoms with E-state index in [2.05, 4.69) is 21.2 Å². The van der Waals surface area contributed by atoms with Crippen LogP contribution in [0.2, 0.25) is 0 Å². The zero-order valence-corrected chi connectivity index (χ0v) is 13.1. The predicted octanol–water partition coefficient (Wildman–Crippen LogP) is 2.12. The molecule has 4 rings (SSSR count). The number of aryl methyl sites for hydroxylation is 1. The van der Waals surface area contributed by atoms with Crippen molar-refractivity contribution in [1.82, 2.24) is 10.2 Å². The maximum absolute atomic E-state index is 11.9. The van der Waals surface area contributed by atoms with Crippen LogP contribution in [0.15, 0.2) is 35.5 Å². The zero-order chi connectivity index (χ0) is 15.2. The lowest BCUT2D eigenvalue weighted by atomic mass is 9.88. The molecule has 5 nitrogen and oxygen atoms in total. The average molecular weight is 317 g/mol. The van der Waals surface area contributed by atoms with Crippen molar-refractivity contribution in [2.75, 3.05) is 23.7 Å². The summed E-state index contributed by atoms with van der Waals surface area (Å²) in [6.07, 6.45) is 6.65. The van der Waals surface area contributed by atoms with Crippen LogP contribution in [0.3, 0.4) is 0 Å². The van der Waals surface area contributed by atoms with Crippen LogP contribution in [-0.4, -0.2) is 37.5 Å². The van der Waals surface area contributed by atoms with Crippen LogP contribution in [0.25, 0.3) is 0 Å². The number of piperidine rings is 1. The van der Waals surface area contributed by atoms with E-state index < -0.39 is 9.84 Å². The number of hydrogen-bond acceptors (Lipinski definition) is 4. The van der Waals surface area contributed by atoms with Crippen LogP contribution in [0, 0.1) is 0 Å². The quantitative estimate of drug-likeness (QED) is 0.921. The highest BCUT2D eigenvalue weighted by atomic mass is 32.2. The molecule has 2 aliphatic rings. The van der Waals surface area contributed by atoms with Gasteiger partial charge in [0, 0.05) is 19.3 Å². The van der Waals surface area contributed by atoms with E-state index in [4.69, 9.17) is 0 Å². The number of nitrogens with zero attached hydrogens (tertiary/aromatic N) is 2. The van der Waals surface area contributed by atoms with Crippen molar-refractivity contribution in [1.29, 1.82) is 0 Å². The number of aromatic nitrogens is 2. The Morgan fingerprint density at radius 3 is 2.77 bits per heavy atom. The molecule has 0 aliphatic carbocycles. The normalized spacial score (nSPS) is 21.0. The monoisotopic (exact) mass is 317 g/mol. The second kappa shape index (κ2) is 5.12. The Labute approximate surface area is 130 Å². The number of hydrogen-bond donors (Lipinski definition) is 1. The highest BCUT2D eigenvalue weighted by Gasteiger charge is 2.28. The molecule has 1 aromatic heterocycles. The summed E-state index contributed by atoms with van der Waals surface area (Å²) in [5.74, 6) is 0.793. The van der Waals surface area contributed by atoms with Gasteiger partial charge in [0.15, 0.2) is 9.84 Å². The molecule has 0 unspecified atom stereocenters. The lowest BCUT2D eigenvalue weighted by Crippen LogP contribution is -2.32. The number of sulfone groups is 1. The van der Waals surface area contributed by atoms with E-state index >= 15 is 0 Å². The molecule has 0 amide bonds. The first-order valence-corrected chi connectivity index (χ1v) is 9.38. The van der Waals surface area contributed by atoms with Crippen molar-refractivity contribution in [3.63, 3.8) is 0 Å². The fourth-order valence-corrected chi connectivity index (χ4v) is 5.14. The topological polar surface area (TPSA) is 66.1 Å². The van der Waals surface area contributed by atoms with E-state index in [0.29, 0.717) is 17.2 Å². The number of nitrogens with one attached hydrogen (secondary N) is 1. The van der Waals surface area contributed by atoms with Gasteiger partial charge in [-0.05, 0) is 42.4 Å². The summed E-state index contributed by atoms with van der Waals surface area (Å²) in [4.78, 5) is 2.89. The number of anilines is 1. The third-order valence-corrected chi connectivity index (χ3v) is 6.69. The number of benzene rings is 1. The van der Waals surface area contributed by atoms with Gasteiger partial charge in [-0.2, -0.15) is 5.10 Å². The van der Waals surface area contributed by atoms with Gasteiger partial charge in [0.25, 0.3) is 0 Å². The molecule has 22 heavy (non-hydrogen) atoms. The molecular weight excluding hydrogens is 298 g/mol. The van der Waals surface area contributed by atoms with E-state index in [1.165, 1.54) is 5.56 Å². The Bertz CT molecular complexity index is 776. The molecule has 116 valence electrons. The average Bonchev–Trinajstić information content (AvgIpc) is 3.16.